The average Bonchev–Trinajstić information content (AvgIpc) is 2.83. The predicted octanol–water partition coefficient (Wildman–Crippen LogP) is 3.47. The van der Waals surface area contributed by atoms with E-state index in [1.807, 2.05) is 49.2 Å². The Bertz CT molecular complexity index is 876. The third-order valence-corrected chi connectivity index (χ3v) is 5.70. The molecule has 1 aromatic carbocycles. The van der Waals surface area contributed by atoms with Crippen LogP contribution in [0.2, 0.25) is 0 Å². The molecule has 0 unspecified atom stereocenters. The molecular formula is C24H35N5O2. The highest BCUT2D eigenvalue weighted by Gasteiger charge is 2.29. The highest BCUT2D eigenvalue weighted by Crippen LogP contribution is 2.42. The summed E-state index contributed by atoms with van der Waals surface area (Å²) in [6.45, 7) is 11.7. The molecule has 0 saturated carbocycles. The third-order valence-electron chi connectivity index (χ3n) is 5.70. The topological polar surface area (TPSA) is 69.7 Å². The lowest BCUT2D eigenvalue weighted by Crippen LogP contribution is -2.44. The van der Waals surface area contributed by atoms with E-state index in [4.69, 9.17) is 9.72 Å². The van der Waals surface area contributed by atoms with Crippen LogP contribution in [0.5, 0.6) is 5.75 Å². The molecule has 7 heteroatoms. The molecule has 31 heavy (non-hydrogen) atoms. The summed E-state index contributed by atoms with van der Waals surface area (Å²) >= 11 is 0. The van der Waals surface area contributed by atoms with Crippen LogP contribution in [0.25, 0.3) is 11.1 Å². The molecule has 0 radical (unpaired) electrons. The van der Waals surface area contributed by atoms with Crippen molar-refractivity contribution in [3.8, 4) is 16.9 Å². The molecule has 0 aliphatic carbocycles. The van der Waals surface area contributed by atoms with Gasteiger partial charge in [0.2, 0.25) is 0 Å². The first-order chi connectivity index (χ1) is 15.2. The lowest BCUT2D eigenvalue weighted by molar-refractivity contribution is 0.0774. The van der Waals surface area contributed by atoms with E-state index in [-0.39, 0.29) is 5.91 Å². The van der Waals surface area contributed by atoms with E-state index >= 15 is 0 Å². The number of aromatic nitrogens is 1. The number of hydrogen-bond donors (Lipinski definition) is 2. The van der Waals surface area contributed by atoms with Crippen molar-refractivity contribution < 1.29 is 9.53 Å². The Hall–Kier alpha value is -2.80. The number of rotatable bonds is 9. The number of nitrogens with one attached hydrogen (secondary N) is 2. The van der Waals surface area contributed by atoms with Gasteiger partial charge in [-0.3, -0.25) is 4.79 Å². The van der Waals surface area contributed by atoms with Gasteiger partial charge in [0.15, 0.2) is 0 Å². The van der Waals surface area contributed by atoms with Crippen molar-refractivity contribution in [3.05, 3.63) is 36.0 Å². The maximum atomic E-state index is 13.8. The standard InChI is InChI=1S/C24H35N5O2/c1-5-12-26-23-22(24(30)28(6-2)7-3)21(18-10-8-9-11-20(18)31-4)19(17-27-23)29-15-13-25-14-16-29/h8-11,17,25H,5-7,12-16H2,1-4H3,(H,26,27). The van der Waals surface area contributed by atoms with Crippen molar-refractivity contribution >= 4 is 17.4 Å². The number of para-hydroxylation sites is 1. The SMILES string of the molecule is CCCNc1ncc(N2CCNCC2)c(-c2ccccc2OC)c1C(=O)N(CC)CC. The summed E-state index contributed by atoms with van der Waals surface area (Å²) in [7, 11) is 1.67. The van der Waals surface area contributed by atoms with Gasteiger partial charge in [0.05, 0.1) is 24.6 Å². The van der Waals surface area contributed by atoms with Gasteiger partial charge in [0.1, 0.15) is 11.6 Å². The molecule has 2 heterocycles. The third kappa shape index (κ3) is 4.93. The molecule has 1 saturated heterocycles. The van der Waals surface area contributed by atoms with Crippen molar-refractivity contribution in [1.29, 1.82) is 0 Å². The summed E-state index contributed by atoms with van der Waals surface area (Å²) in [5.74, 6) is 1.38. The monoisotopic (exact) mass is 425 g/mol. The van der Waals surface area contributed by atoms with Crippen molar-refractivity contribution in [2.45, 2.75) is 27.2 Å². The van der Waals surface area contributed by atoms with Crippen LogP contribution >= 0.6 is 0 Å². The van der Waals surface area contributed by atoms with Crippen LogP contribution in [0, 0.1) is 0 Å². The Morgan fingerprint density at radius 1 is 1.19 bits per heavy atom. The van der Waals surface area contributed by atoms with E-state index in [9.17, 15) is 4.79 Å². The minimum absolute atomic E-state index is 0.00556. The Morgan fingerprint density at radius 2 is 1.90 bits per heavy atom. The number of methoxy groups -OCH3 is 1. The maximum Gasteiger partial charge on any atom is 0.258 e. The number of hydrogen-bond acceptors (Lipinski definition) is 6. The average molecular weight is 426 g/mol. The normalized spacial score (nSPS) is 13.7. The lowest BCUT2D eigenvalue weighted by atomic mass is 9.95. The Balaban J connectivity index is 2.30. The lowest BCUT2D eigenvalue weighted by Gasteiger charge is -2.33. The highest BCUT2D eigenvalue weighted by molar-refractivity contribution is 6.08. The second kappa shape index (κ2) is 11.0. The van der Waals surface area contributed by atoms with E-state index in [1.54, 1.807) is 7.11 Å². The minimum atomic E-state index is -0.00556. The fourth-order valence-electron chi connectivity index (χ4n) is 4.03. The molecule has 0 bridgehead atoms. The van der Waals surface area contributed by atoms with Gasteiger partial charge in [-0.15, -0.1) is 0 Å². The molecule has 1 amide bonds. The minimum Gasteiger partial charge on any atom is -0.496 e. The van der Waals surface area contributed by atoms with Crippen LogP contribution in [0.4, 0.5) is 11.5 Å². The molecule has 1 aromatic heterocycles. The summed E-state index contributed by atoms with van der Waals surface area (Å²) in [6, 6.07) is 7.92. The molecule has 2 N–H and O–H groups in total. The Kier molecular flexibility index (Phi) is 8.12. The van der Waals surface area contributed by atoms with Crippen LogP contribution in [-0.4, -0.2) is 68.7 Å². The maximum absolute atomic E-state index is 13.8. The zero-order valence-electron chi connectivity index (χ0n) is 19.2. The first kappa shape index (κ1) is 22.9. The van der Waals surface area contributed by atoms with Gasteiger partial charge in [0.25, 0.3) is 5.91 Å². The number of piperazine rings is 1. The van der Waals surface area contributed by atoms with E-state index in [2.05, 4.69) is 22.5 Å². The number of benzene rings is 1. The smallest absolute Gasteiger partial charge is 0.258 e. The van der Waals surface area contributed by atoms with Gasteiger partial charge in [-0.05, 0) is 26.3 Å². The van der Waals surface area contributed by atoms with E-state index < -0.39 is 0 Å². The number of nitrogens with zero attached hydrogens (tertiary/aromatic N) is 3. The predicted molar refractivity (Wildman–Crippen MR) is 127 cm³/mol. The van der Waals surface area contributed by atoms with Gasteiger partial charge >= 0.3 is 0 Å². The summed E-state index contributed by atoms with van der Waals surface area (Å²) in [6.07, 6.45) is 2.86. The molecule has 3 rings (SSSR count). The largest absolute Gasteiger partial charge is 0.496 e. The fraction of sp³-hybridized carbons (Fsp3) is 0.500. The van der Waals surface area contributed by atoms with Crippen molar-refractivity contribution in [3.63, 3.8) is 0 Å². The molecule has 1 fully saturated rings. The van der Waals surface area contributed by atoms with Gasteiger partial charge in [0, 0.05) is 56.9 Å². The van der Waals surface area contributed by atoms with Crippen LogP contribution < -0.4 is 20.3 Å². The number of anilines is 2. The molecule has 2 aromatic rings. The molecule has 168 valence electrons. The second-order valence-corrected chi connectivity index (χ2v) is 7.58. The van der Waals surface area contributed by atoms with Gasteiger partial charge in [-0.1, -0.05) is 25.1 Å². The van der Waals surface area contributed by atoms with Gasteiger partial charge < -0.3 is 25.2 Å². The van der Waals surface area contributed by atoms with Crippen molar-refractivity contribution in [1.82, 2.24) is 15.2 Å². The number of ether oxygens (including phenoxy) is 1. The first-order valence-electron chi connectivity index (χ1n) is 11.3. The van der Waals surface area contributed by atoms with E-state index in [0.717, 1.165) is 61.7 Å². The quantitative estimate of drug-likeness (QED) is 0.641. The second-order valence-electron chi connectivity index (χ2n) is 7.58. The van der Waals surface area contributed by atoms with Crippen LogP contribution in [0.15, 0.2) is 30.5 Å². The fourth-order valence-corrected chi connectivity index (χ4v) is 4.03. The van der Waals surface area contributed by atoms with E-state index in [0.29, 0.717) is 24.5 Å². The van der Waals surface area contributed by atoms with Gasteiger partial charge in [-0.25, -0.2) is 4.98 Å². The Labute approximate surface area is 185 Å². The van der Waals surface area contributed by atoms with Crippen molar-refractivity contribution in [2.75, 3.05) is 63.1 Å². The summed E-state index contributed by atoms with van der Waals surface area (Å²) in [4.78, 5) is 22.7. The molecule has 7 nitrogen and oxygen atoms in total. The number of pyridine rings is 1. The van der Waals surface area contributed by atoms with Crippen LogP contribution in [0.3, 0.4) is 0 Å². The zero-order chi connectivity index (χ0) is 22.2. The van der Waals surface area contributed by atoms with Crippen molar-refractivity contribution in [2.24, 2.45) is 0 Å². The molecule has 1 aliphatic heterocycles. The molecular weight excluding hydrogens is 390 g/mol. The summed E-state index contributed by atoms with van der Waals surface area (Å²) in [5, 5.41) is 6.80. The molecule has 0 atom stereocenters. The number of carbonyl (C=O) groups excluding carboxylic acids is 1. The summed E-state index contributed by atoms with van der Waals surface area (Å²) < 4.78 is 5.71. The molecule has 0 spiro atoms. The van der Waals surface area contributed by atoms with E-state index in [1.165, 1.54) is 0 Å². The highest BCUT2D eigenvalue weighted by atomic mass is 16.5. The van der Waals surface area contributed by atoms with Gasteiger partial charge in [-0.2, -0.15) is 0 Å². The van der Waals surface area contributed by atoms with Crippen LogP contribution in [0.1, 0.15) is 37.6 Å². The zero-order valence-corrected chi connectivity index (χ0v) is 19.2. The van der Waals surface area contributed by atoms with Crippen LogP contribution in [-0.2, 0) is 0 Å². The number of amides is 1. The number of carbonyl (C=O) groups is 1. The summed E-state index contributed by atoms with van der Waals surface area (Å²) in [5.41, 5.74) is 3.40. The Morgan fingerprint density at radius 3 is 2.55 bits per heavy atom. The molecule has 1 aliphatic rings. The first-order valence-corrected chi connectivity index (χ1v) is 11.3.